The highest BCUT2D eigenvalue weighted by molar-refractivity contribution is 5.79. The van der Waals surface area contributed by atoms with Crippen molar-refractivity contribution >= 4 is 11.9 Å². The number of carbonyl (C=O) groups is 1. The average Bonchev–Trinajstić information content (AvgIpc) is 2.50. The summed E-state index contributed by atoms with van der Waals surface area (Å²) in [6.07, 6.45) is 0.963. The molecule has 1 saturated heterocycles. The second kappa shape index (κ2) is 10.4. The maximum absolute atomic E-state index is 11.3. The van der Waals surface area contributed by atoms with Gasteiger partial charge in [-0.1, -0.05) is 0 Å². The molecule has 1 fully saturated rings. The second-order valence-electron chi connectivity index (χ2n) is 5.12. The van der Waals surface area contributed by atoms with Gasteiger partial charge in [0.2, 0.25) is 5.91 Å². The van der Waals surface area contributed by atoms with Gasteiger partial charge in [0.05, 0.1) is 0 Å². The van der Waals surface area contributed by atoms with Crippen molar-refractivity contribution in [1.29, 1.82) is 0 Å². The zero-order chi connectivity index (χ0) is 15.5. The lowest BCUT2D eigenvalue weighted by atomic mass is 10.3. The lowest BCUT2D eigenvalue weighted by Gasteiger charge is -2.34. The van der Waals surface area contributed by atoms with E-state index in [1.165, 1.54) is 0 Å². The van der Waals surface area contributed by atoms with Crippen molar-refractivity contribution in [3.63, 3.8) is 0 Å². The van der Waals surface area contributed by atoms with Gasteiger partial charge in [0.15, 0.2) is 5.96 Å². The number of rotatable bonds is 7. The zero-order valence-corrected chi connectivity index (χ0v) is 13.5. The van der Waals surface area contributed by atoms with E-state index in [0.29, 0.717) is 0 Å². The van der Waals surface area contributed by atoms with E-state index in [1.807, 2.05) is 4.90 Å². The number of methoxy groups -OCH3 is 1. The molecule has 122 valence electrons. The van der Waals surface area contributed by atoms with Crippen LogP contribution in [0.5, 0.6) is 0 Å². The first-order valence-electron chi connectivity index (χ1n) is 7.58. The smallest absolute Gasteiger partial charge is 0.219 e. The van der Waals surface area contributed by atoms with Gasteiger partial charge in [-0.2, -0.15) is 0 Å². The van der Waals surface area contributed by atoms with Gasteiger partial charge in [-0.25, -0.2) is 0 Å². The van der Waals surface area contributed by atoms with Gasteiger partial charge in [0.25, 0.3) is 0 Å². The van der Waals surface area contributed by atoms with Crippen LogP contribution in [0.1, 0.15) is 13.3 Å². The molecule has 2 N–H and O–H groups in total. The van der Waals surface area contributed by atoms with Gasteiger partial charge in [-0.3, -0.25) is 14.7 Å². The second-order valence-corrected chi connectivity index (χ2v) is 5.12. The van der Waals surface area contributed by atoms with Crippen LogP contribution >= 0.6 is 0 Å². The van der Waals surface area contributed by atoms with Crippen LogP contribution in [0.25, 0.3) is 0 Å². The van der Waals surface area contributed by atoms with Gasteiger partial charge < -0.3 is 20.3 Å². The van der Waals surface area contributed by atoms with Crippen molar-refractivity contribution in [2.24, 2.45) is 4.99 Å². The number of hydrogen-bond donors (Lipinski definition) is 2. The number of carbonyl (C=O) groups excluding carboxylic acids is 1. The molecule has 0 aromatic carbocycles. The fourth-order valence-electron chi connectivity index (χ4n) is 2.26. The maximum Gasteiger partial charge on any atom is 0.219 e. The van der Waals surface area contributed by atoms with Crippen LogP contribution in [-0.4, -0.2) is 88.2 Å². The van der Waals surface area contributed by atoms with Gasteiger partial charge in [-0.05, 0) is 6.42 Å². The highest BCUT2D eigenvalue weighted by Crippen LogP contribution is 2.00. The minimum absolute atomic E-state index is 0.174. The zero-order valence-electron chi connectivity index (χ0n) is 13.5. The Hall–Kier alpha value is -1.34. The van der Waals surface area contributed by atoms with Crippen LogP contribution in [0.2, 0.25) is 0 Å². The third-order valence-electron chi connectivity index (χ3n) is 3.58. The summed E-state index contributed by atoms with van der Waals surface area (Å²) in [7, 11) is 3.48. The number of amides is 1. The molecule has 1 amide bonds. The summed E-state index contributed by atoms with van der Waals surface area (Å²) in [6.45, 7) is 8.61. The van der Waals surface area contributed by atoms with Crippen molar-refractivity contribution in [2.75, 3.05) is 66.6 Å². The quantitative estimate of drug-likeness (QED) is 0.371. The Labute approximate surface area is 127 Å². The van der Waals surface area contributed by atoms with E-state index in [2.05, 4.69) is 20.5 Å². The largest absolute Gasteiger partial charge is 0.385 e. The van der Waals surface area contributed by atoms with Crippen molar-refractivity contribution in [2.45, 2.75) is 13.3 Å². The number of ether oxygens (including phenoxy) is 1. The molecule has 0 aromatic heterocycles. The fraction of sp³-hybridized carbons (Fsp3) is 0.857. The standard InChI is InChI=1S/C14H29N5O2/c1-13(20)19-10-8-18(9-11-19)7-6-17-14(15-2)16-5-4-12-21-3/h4-12H2,1-3H3,(H2,15,16,17). The number of aliphatic imine (C=N–C) groups is 1. The Balaban J connectivity index is 2.11. The summed E-state index contributed by atoms with van der Waals surface area (Å²) < 4.78 is 5.01. The normalized spacial score (nSPS) is 16.9. The van der Waals surface area contributed by atoms with Crippen LogP contribution in [0.4, 0.5) is 0 Å². The van der Waals surface area contributed by atoms with Crippen LogP contribution in [0, 0.1) is 0 Å². The van der Waals surface area contributed by atoms with E-state index in [4.69, 9.17) is 4.74 Å². The molecule has 0 radical (unpaired) electrons. The van der Waals surface area contributed by atoms with Crippen LogP contribution in [-0.2, 0) is 9.53 Å². The predicted molar refractivity (Wildman–Crippen MR) is 84.6 cm³/mol. The average molecular weight is 299 g/mol. The van der Waals surface area contributed by atoms with Gasteiger partial charge in [-0.15, -0.1) is 0 Å². The minimum atomic E-state index is 0.174. The Morgan fingerprint density at radius 1 is 1.19 bits per heavy atom. The Bertz CT molecular complexity index is 327. The van der Waals surface area contributed by atoms with E-state index < -0.39 is 0 Å². The summed E-state index contributed by atoms with van der Waals surface area (Å²) in [4.78, 5) is 19.7. The van der Waals surface area contributed by atoms with Crippen molar-refractivity contribution in [3.8, 4) is 0 Å². The van der Waals surface area contributed by atoms with E-state index in [9.17, 15) is 4.79 Å². The number of hydrogen-bond acceptors (Lipinski definition) is 4. The van der Waals surface area contributed by atoms with E-state index >= 15 is 0 Å². The molecule has 1 rings (SSSR count). The SMILES string of the molecule is CN=C(NCCCOC)NCCN1CCN(C(C)=O)CC1. The molecule has 21 heavy (non-hydrogen) atoms. The molecular formula is C14H29N5O2. The molecule has 1 heterocycles. The number of nitrogens with zero attached hydrogens (tertiary/aromatic N) is 3. The number of nitrogens with one attached hydrogen (secondary N) is 2. The summed E-state index contributed by atoms with van der Waals surface area (Å²) in [5.41, 5.74) is 0. The summed E-state index contributed by atoms with van der Waals surface area (Å²) >= 11 is 0. The minimum Gasteiger partial charge on any atom is -0.385 e. The van der Waals surface area contributed by atoms with Crippen molar-refractivity contribution < 1.29 is 9.53 Å². The van der Waals surface area contributed by atoms with E-state index in [1.54, 1.807) is 21.1 Å². The molecule has 0 bridgehead atoms. The molecule has 7 nitrogen and oxygen atoms in total. The molecule has 0 saturated carbocycles. The summed E-state index contributed by atoms with van der Waals surface area (Å²) in [5.74, 6) is 1.00. The number of guanidine groups is 1. The first kappa shape index (κ1) is 17.7. The molecule has 1 aliphatic heterocycles. The molecule has 1 aliphatic rings. The van der Waals surface area contributed by atoms with Crippen LogP contribution < -0.4 is 10.6 Å². The Morgan fingerprint density at radius 2 is 1.86 bits per heavy atom. The van der Waals surface area contributed by atoms with Gasteiger partial charge in [0, 0.05) is 73.5 Å². The van der Waals surface area contributed by atoms with Crippen molar-refractivity contribution in [3.05, 3.63) is 0 Å². The van der Waals surface area contributed by atoms with Crippen LogP contribution in [0.3, 0.4) is 0 Å². The van der Waals surface area contributed by atoms with Crippen molar-refractivity contribution in [1.82, 2.24) is 20.4 Å². The van der Waals surface area contributed by atoms with Crippen LogP contribution in [0.15, 0.2) is 4.99 Å². The Morgan fingerprint density at radius 3 is 2.43 bits per heavy atom. The first-order chi connectivity index (χ1) is 10.2. The highest BCUT2D eigenvalue weighted by Gasteiger charge is 2.17. The van der Waals surface area contributed by atoms with E-state index in [0.717, 1.165) is 64.8 Å². The molecule has 0 atom stereocenters. The number of piperazine rings is 1. The predicted octanol–water partition coefficient (Wildman–Crippen LogP) is -0.648. The van der Waals surface area contributed by atoms with Gasteiger partial charge in [0.1, 0.15) is 0 Å². The third kappa shape index (κ3) is 7.29. The topological polar surface area (TPSA) is 69.2 Å². The lowest BCUT2D eigenvalue weighted by molar-refractivity contribution is -0.130. The maximum atomic E-state index is 11.3. The molecule has 0 spiro atoms. The fourth-order valence-corrected chi connectivity index (χ4v) is 2.26. The monoisotopic (exact) mass is 299 g/mol. The summed E-state index contributed by atoms with van der Waals surface area (Å²) in [6, 6.07) is 0. The Kier molecular flexibility index (Phi) is 8.77. The highest BCUT2D eigenvalue weighted by atomic mass is 16.5. The van der Waals surface area contributed by atoms with Gasteiger partial charge >= 0.3 is 0 Å². The molecule has 0 unspecified atom stereocenters. The molecular weight excluding hydrogens is 270 g/mol. The molecule has 7 heteroatoms. The molecule has 0 aromatic rings. The molecule has 0 aliphatic carbocycles. The van der Waals surface area contributed by atoms with E-state index in [-0.39, 0.29) is 5.91 Å². The summed E-state index contributed by atoms with van der Waals surface area (Å²) in [5, 5.41) is 6.55. The first-order valence-corrected chi connectivity index (χ1v) is 7.58. The third-order valence-corrected chi connectivity index (χ3v) is 3.58. The lowest BCUT2D eigenvalue weighted by Crippen LogP contribution is -2.50.